The van der Waals surface area contributed by atoms with Gasteiger partial charge >= 0.3 is 5.97 Å². The molecule has 2 N–H and O–H groups in total. The molecule has 0 saturated carbocycles. The van der Waals surface area contributed by atoms with Gasteiger partial charge < -0.3 is 29.2 Å². The van der Waals surface area contributed by atoms with E-state index in [-0.39, 0.29) is 37.1 Å². The second kappa shape index (κ2) is 7.58. The number of rotatable bonds is 6. The standard InChI is InChI=1S/C18H14O8/c19-8-12-5-11(1-3-13(12)21)2-4-18(22)26-17-7-15-14(24-10-25-15)6-16(17)23-9-20/h1-7,9,19,21H,8,10H2. The van der Waals surface area contributed by atoms with Crippen LogP contribution in [0.25, 0.3) is 6.08 Å². The Morgan fingerprint density at radius 2 is 1.88 bits per heavy atom. The number of hydrogen-bond donors (Lipinski definition) is 2. The van der Waals surface area contributed by atoms with E-state index in [0.29, 0.717) is 22.6 Å². The number of aliphatic hydroxyl groups excluding tert-OH is 1. The SMILES string of the molecule is O=COc1cc2c(cc1OC(=O)C=Cc1ccc(O)c(CO)c1)OCO2. The molecule has 0 aliphatic carbocycles. The van der Waals surface area contributed by atoms with Gasteiger partial charge in [0.15, 0.2) is 23.0 Å². The van der Waals surface area contributed by atoms with Crippen molar-refractivity contribution < 1.29 is 38.7 Å². The Kier molecular flexibility index (Phi) is 5.04. The van der Waals surface area contributed by atoms with Crippen molar-refractivity contribution in [2.45, 2.75) is 6.61 Å². The third kappa shape index (κ3) is 3.76. The first kappa shape index (κ1) is 17.3. The fourth-order valence-electron chi connectivity index (χ4n) is 2.27. The fourth-order valence-corrected chi connectivity index (χ4v) is 2.27. The lowest BCUT2D eigenvalue weighted by Crippen LogP contribution is -2.05. The lowest BCUT2D eigenvalue weighted by atomic mass is 10.1. The van der Waals surface area contributed by atoms with Gasteiger partial charge in [-0.2, -0.15) is 0 Å². The van der Waals surface area contributed by atoms with E-state index in [2.05, 4.69) is 0 Å². The summed E-state index contributed by atoms with van der Waals surface area (Å²) < 4.78 is 20.3. The molecule has 3 rings (SSSR count). The summed E-state index contributed by atoms with van der Waals surface area (Å²) in [7, 11) is 0. The molecule has 1 aliphatic rings. The molecule has 1 heterocycles. The second-order valence-corrected chi connectivity index (χ2v) is 5.17. The van der Waals surface area contributed by atoms with Gasteiger partial charge in [-0.1, -0.05) is 6.07 Å². The molecule has 8 nitrogen and oxygen atoms in total. The Morgan fingerprint density at radius 3 is 2.58 bits per heavy atom. The van der Waals surface area contributed by atoms with Crippen molar-refractivity contribution in [3.8, 4) is 28.7 Å². The van der Waals surface area contributed by atoms with Crippen molar-refractivity contribution in [2.75, 3.05) is 6.79 Å². The molecule has 26 heavy (non-hydrogen) atoms. The number of aromatic hydroxyl groups is 1. The normalized spacial score (nSPS) is 12.2. The van der Waals surface area contributed by atoms with Gasteiger partial charge in [0.05, 0.1) is 6.61 Å². The molecule has 0 saturated heterocycles. The van der Waals surface area contributed by atoms with Crippen LogP contribution >= 0.6 is 0 Å². The maximum absolute atomic E-state index is 12.0. The van der Waals surface area contributed by atoms with Crippen LogP contribution in [-0.2, 0) is 16.2 Å². The lowest BCUT2D eigenvalue weighted by Gasteiger charge is -2.08. The number of ether oxygens (including phenoxy) is 4. The van der Waals surface area contributed by atoms with Crippen LogP contribution < -0.4 is 18.9 Å². The van der Waals surface area contributed by atoms with E-state index in [1.165, 1.54) is 30.3 Å². The van der Waals surface area contributed by atoms with Crippen LogP contribution in [0.5, 0.6) is 28.7 Å². The maximum Gasteiger partial charge on any atom is 0.336 e. The summed E-state index contributed by atoms with van der Waals surface area (Å²) in [6, 6.07) is 7.28. The highest BCUT2D eigenvalue weighted by molar-refractivity contribution is 5.89. The van der Waals surface area contributed by atoms with E-state index in [0.717, 1.165) is 6.08 Å². The fraction of sp³-hybridized carbons (Fsp3) is 0.111. The monoisotopic (exact) mass is 358 g/mol. The van der Waals surface area contributed by atoms with Gasteiger partial charge in [0.25, 0.3) is 6.47 Å². The molecule has 0 aromatic heterocycles. The molecule has 0 amide bonds. The van der Waals surface area contributed by atoms with Gasteiger partial charge in [0.2, 0.25) is 6.79 Å². The van der Waals surface area contributed by atoms with Crippen molar-refractivity contribution >= 4 is 18.5 Å². The second-order valence-electron chi connectivity index (χ2n) is 5.17. The number of carbonyl (C=O) groups is 2. The summed E-state index contributed by atoms with van der Waals surface area (Å²) in [5, 5.41) is 18.7. The summed E-state index contributed by atoms with van der Waals surface area (Å²) >= 11 is 0. The highest BCUT2D eigenvalue weighted by Crippen LogP contribution is 2.42. The summed E-state index contributed by atoms with van der Waals surface area (Å²) in [4.78, 5) is 22.7. The number of hydrogen-bond acceptors (Lipinski definition) is 8. The van der Waals surface area contributed by atoms with Crippen LogP contribution in [0.4, 0.5) is 0 Å². The molecule has 8 heteroatoms. The van der Waals surface area contributed by atoms with Gasteiger partial charge in [0, 0.05) is 23.8 Å². The summed E-state index contributed by atoms with van der Waals surface area (Å²) in [5.41, 5.74) is 0.914. The average molecular weight is 358 g/mol. The third-order valence-electron chi connectivity index (χ3n) is 3.51. The van der Waals surface area contributed by atoms with Crippen LogP contribution in [0, 0.1) is 0 Å². The molecule has 134 valence electrons. The zero-order chi connectivity index (χ0) is 18.5. The Morgan fingerprint density at radius 1 is 1.15 bits per heavy atom. The number of esters is 1. The number of phenols is 1. The van der Waals surface area contributed by atoms with Crippen LogP contribution in [0.15, 0.2) is 36.4 Å². The van der Waals surface area contributed by atoms with Crippen molar-refractivity contribution in [1.82, 2.24) is 0 Å². The topological polar surface area (TPSA) is 112 Å². The molecular weight excluding hydrogens is 344 g/mol. The molecule has 0 unspecified atom stereocenters. The quantitative estimate of drug-likeness (QED) is 0.348. The van der Waals surface area contributed by atoms with E-state index in [1.807, 2.05) is 0 Å². The molecule has 0 radical (unpaired) electrons. The molecule has 1 aliphatic heterocycles. The minimum Gasteiger partial charge on any atom is -0.508 e. The van der Waals surface area contributed by atoms with E-state index < -0.39 is 5.97 Å². The number of fused-ring (bicyclic) bond motifs is 1. The zero-order valence-electron chi connectivity index (χ0n) is 13.4. The van der Waals surface area contributed by atoms with Gasteiger partial charge in [0.1, 0.15) is 5.75 Å². The smallest absolute Gasteiger partial charge is 0.336 e. The molecule has 0 atom stereocenters. The lowest BCUT2D eigenvalue weighted by molar-refractivity contribution is -0.129. The molecule has 2 aromatic rings. The van der Waals surface area contributed by atoms with Crippen LogP contribution in [0.2, 0.25) is 0 Å². The van der Waals surface area contributed by atoms with Gasteiger partial charge in [-0.25, -0.2) is 4.79 Å². The predicted octanol–water partition coefficient (Wildman–Crippen LogP) is 1.77. The number of aliphatic hydroxyl groups is 1. The molecule has 2 aromatic carbocycles. The van der Waals surface area contributed by atoms with Gasteiger partial charge in [-0.3, -0.25) is 4.79 Å². The first-order valence-electron chi connectivity index (χ1n) is 7.47. The highest BCUT2D eigenvalue weighted by Gasteiger charge is 2.20. The first-order valence-corrected chi connectivity index (χ1v) is 7.47. The van der Waals surface area contributed by atoms with E-state index in [1.54, 1.807) is 6.07 Å². The minimum absolute atomic E-state index is 0.00208. The van der Waals surface area contributed by atoms with Crippen LogP contribution in [0.1, 0.15) is 11.1 Å². The van der Waals surface area contributed by atoms with Crippen molar-refractivity contribution in [3.63, 3.8) is 0 Å². The maximum atomic E-state index is 12.0. The van der Waals surface area contributed by atoms with Gasteiger partial charge in [-0.05, 0) is 23.8 Å². The Labute approximate surface area is 147 Å². The van der Waals surface area contributed by atoms with Crippen LogP contribution in [-0.4, -0.2) is 29.4 Å². The number of benzene rings is 2. The highest BCUT2D eigenvalue weighted by atomic mass is 16.7. The summed E-state index contributed by atoms with van der Waals surface area (Å²) in [6.45, 7) is -0.111. The molecule has 0 fully saturated rings. The molecular formula is C18H14O8. The zero-order valence-corrected chi connectivity index (χ0v) is 13.4. The Bertz CT molecular complexity index is 872. The van der Waals surface area contributed by atoms with Gasteiger partial charge in [-0.15, -0.1) is 0 Å². The summed E-state index contributed by atoms with van der Waals surface area (Å²) in [5.74, 6) is -0.0172. The molecule has 0 spiro atoms. The minimum atomic E-state index is -0.724. The van der Waals surface area contributed by atoms with E-state index in [4.69, 9.17) is 24.1 Å². The third-order valence-corrected chi connectivity index (χ3v) is 3.51. The van der Waals surface area contributed by atoms with Crippen molar-refractivity contribution in [1.29, 1.82) is 0 Å². The van der Waals surface area contributed by atoms with E-state index in [9.17, 15) is 14.7 Å². The largest absolute Gasteiger partial charge is 0.508 e. The first-order chi connectivity index (χ1) is 12.6. The Hall–Kier alpha value is -3.52. The number of carbonyl (C=O) groups excluding carboxylic acids is 2. The molecule has 0 bridgehead atoms. The predicted molar refractivity (Wildman–Crippen MR) is 88.0 cm³/mol. The van der Waals surface area contributed by atoms with Crippen LogP contribution in [0.3, 0.4) is 0 Å². The van der Waals surface area contributed by atoms with E-state index >= 15 is 0 Å². The average Bonchev–Trinajstić information content (AvgIpc) is 3.08. The van der Waals surface area contributed by atoms with Crippen molar-refractivity contribution in [2.24, 2.45) is 0 Å². The summed E-state index contributed by atoms with van der Waals surface area (Å²) in [6.07, 6.45) is 2.61. The van der Waals surface area contributed by atoms with Crippen molar-refractivity contribution in [3.05, 3.63) is 47.5 Å². The Balaban J connectivity index is 1.76.